The molecule has 0 amide bonds. The number of ether oxygens (including phenoxy) is 5. The molecule has 0 radical (unpaired) electrons. The number of hydrogen-bond donors (Lipinski definition) is 9. The van der Waals surface area contributed by atoms with Crippen molar-refractivity contribution in [2.24, 2.45) is 0 Å². The van der Waals surface area contributed by atoms with Gasteiger partial charge >= 0.3 is 0 Å². The lowest BCUT2D eigenvalue weighted by atomic mass is 9.99. The highest BCUT2D eigenvalue weighted by Crippen LogP contribution is 2.44. The zero-order chi connectivity index (χ0) is 31.3. The molecule has 9 atom stereocenters. The van der Waals surface area contributed by atoms with Crippen molar-refractivity contribution in [2.45, 2.75) is 62.2 Å². The Morgan fingerprint density at radius 2 is 1.53 bits per heavy atom. The molecule has 0 bridgehead atoms. The van der Waals surface area contributed by atoms with Crippen LogP contribution in [0.4, 0.5) is 0 Å². The highest BCUT2D eigenvalue weighted by Gasteiger charge is 2.49. The van der Waals surface area contributed by atoms with E-state index in [-0.39, 0.29) is 11.3 Å². The van der Waals surface area contributed by atoms with Crippen LogP contribution in [0.25, 0.3) is 22.3 Å². The molecule has 3 aromatic rings. The van der Waals surface area contributed by atoms with Crippen molar-refractivity contribution in [2.75, 3.05) is 13.7 Å². The highest BCUT2D eigenvalue weighted by molar-refractivity contribution is 5.93. The summed E-state index contributed by atoms with van der Waals surface area (Å²) in [5, 5.41) is 91.9. The maximum absolute atomic E-state index is 13.9. The molecule has 1 aromatic heterocycles. The van der Waals surface area contributed by atoms with Crippen molar-refractivity contribution in [3.05, 3.63) is 34.5 Å². The Morgan fingerprint density at radius 3 is 2.21 bits per heavy atom. The fourth-order valence-corrected chi connectivity index (χ4v) is 4.87. The molecule has 9 N–H and O–H groups in total. The van der Waals surface area contributed by atoms with E-state index in [1.165, 1.54) is 20.1 Å². The van der Waals surface area contributed by atoms with E-state index in [0.717, 1.165) is 18.2 Å². The molecule has 5 rings (SSSR count). The molecule has 0 spiro atoms. The van der Waals surface area contributed by atoms with Gasteiger partial charge in [-0.25, -0.2) is 0 Å². The van der Waals surface area contributed by atoms with Crippen LogP contribution in [-0.4, -0.2) is 115 Å². The predicted octanol–water partition coefficient (Wildman–Crippen LogP) is -1.04. The Labute approximate surface area is 241 Å². The van der Waals surface area contributed by atoms with Crippen LogP contribution >= 0.6 is 0 Å². The van der Waals surface area contributed by atoms with Gasteiger partial charge in [0, 0.05) is 11.6 Å². The van der Waals surface area contributed by atoms with Gasteiger partial charge in [0.15, 0.2) is 41.0 Å². The number of phenolic OH excluding ortho intramolecular Hbond substituents is 4. The number of aliphatic hydroxyl groups is 5. The first-order chi connectivity index (χ1) is 20.3. The van der Waals surface area contributed by atoms with Crippen LogP contribution in [0.15, 0.2) is 33.5 Å². The predicted molar refractivity (Wildman–Crippen MR) is 141 cm³/mol. The van der Waals surface area contributed by atoms with Crippen LogP contribution < -0.4 is 14.9 Å². The summed E-state index contributed by atoms with van der Waals surface area (Å²) in [5.41, 5.74) is -1.49. The second-order valence-corrected chi connectivity index (χ2v) is 10.1. The Bertz CT molecular complexity index is 1550. The third-order valence-electron chi connectivity index (χ3n) is 7.24. The Hall–Kier alpha value is -3.87. The van der Waals surface area contributed by atoms with Crippen molar-refractivity contribution in [1.82, 2.24) is 0 Å². The number of aliphatic hydroxyl groups excluding tert-OH is 5. The van der Waals surface area contributed by atoms with Crippen LogP contribution in [0, 0.1) is 0 Å². The normalized spacial score (nSPS) is 31.2. The number of benzene rings is 2. The molecule has 3 heterocycles. The lowest BCUT2D eigenvalue weighted by Crippen LogP contribution is -2.62. The fraction of sp³-hybridized carbons (Fsp3) is 0.444. The summed E-state index contributed by atoms with van der Waals surface area (Å²) < 4.78 is 33.5. The van der Waals surface area contributed by atoms with E-state index in [2.05, 4.69) is 0 Å². The molecule has 0 unspecified atom stereocenters. The van der Waals surface area contributed by atoms with Crippen molar-refractivity contribution in [3.8, 4) is 45.8 Å². The number of rotatable bonds is 6. The Morgan fingerprint density at radius 1 is 0.814 bits per heavy atom. The van der Waals surface area contributed by atoms with Gasteiger partial charge in [-0.1, -0.05) is 0 Å². The third-order valence-corrected chi connectivity index (χ3v) is 7.24. The van der Waals surface area contributed by atoms with E-state index in [1.807, 2.05) is 0 Å². The summed E-state index contributed by atoms with van der Waals surface area (Å²) >= 11 is 0. The van der Waals surface area contributed by atoms with Crippen molar-refractivity contribution >= 4 is 11.0 Å². The van der Waals surface area contributed by atoms with Crippen LogP contribution in [-0.2, 0) is 14.2 Å². The van der Waals surface area contributed by atoms with Gasteiger partial charge in [0.2, 0.25) is 23.2 Å². The van der Waals surface area contributed by atoms with E-state index in [9.17, 15) is 50.8 Å². The standard InChI is InChI=1S/C27H30O16/c1-8-16(33)19(36)25(43-26-20(37)17(34)14(32)7-39-26)27(40-8)42-24-18(35)15-12(30)6-13(31)22(38-2)23(15)41-21(24)9-3-4-10(28)11(29)5-9/h3-6,8,14,16-17,19-20,25-34,36-37H,7H2,1-2H3/t8-,14+,16-,17+,19+,20+,25-,26+,27-/m0/s1. The second-order valence-electron chi connectivity index (χ2n) is 10.1. The molecule has 16 heteroatoms. The molecule has 234 valence electrons. The summed E-state index contributed by atoms with van der Waals surface area (Å²) in [5.74, 6) is -3.82. The Balaban J connectivity index is 1.65. The minimum atomic E-state index is -1.80. The molecule has 2 aliphatic rings. The van der Waals surface area contributed by atoms with E-state index in [0.29, 0.717) is 0 Å². The highest BCUT2D eigenvalue weighted by atomic mass is 16.8. The average Bonchev–Trinajstić information content (AvgIpc) is 2.96. The van der Waals surface area contributed by atoms with Crippen LogP contribution in [0.1, 0.15) is 6.92 Å². The number of phenols is 4. The zero-order valence-corrected chi connectivity index (χ0v) is 22.6. The molecular formula is C27H30O16. The largest absolute Gasteiger partial charge is 0.507 e. The average molecular weight is 611 g/mol. The van der Waals surface area contributed by atoms with Crippen LogP contribution in [0.5, 0.6) is 34.5 Å². The molecule has 2 fully saturated rings. The topological polar surface area (TPSA) is 258 Å². The SMILES string of the molecule is COc1c(O)cc(O)c2c(=O)c(O[C@@H]3O[C@@H](C)[C@H](O)[C@@H](O)[C@@H]3O[C@H]3OC[C@@H](O)[C@@H](O)[C@H]3O)c(-c3ccc(O)c(O)c3)oc12. The lowest BCUT2D eigenvalue weighted by Gasteiger charge is -2.44. The summed E-state index contributed by atoms with van der Waals surface area (Å²) in [6, 6.07) is 4.19. The monoisotopic (exact) mass is 610 g/mol. The fourth-order valence-electron chi connectivity index (χ4n) is 4.87. The number of hydrogen-bond acceptors (Lipinski definition) is 16. The smallest absolute Gasteiger partial charge is 0.239 e. The first-order valence-electron chi connectivity index (χ1n) is 13.0. The van der Waals surface area contributed by atoms with Gasteiger partial charge in [-0.3, -0.25) is 4.79 Å². The maximum atomic E-state index is 13.9. The third kappa shape index (κ3) is 5.39. The summed E-state index contributed by atoms with van der Waals surface area (Å²) in [7, 11) is 1.17. The molecule has 2 saturated heterocycles. The summed E-state index contributed by atoms with van der Waals surface area (Å²) in [6.45, 7) is 0.932. The molecule has 16 nitrogen and oxygen atoms in total. The van der Waals surface area contributed by atoms with Gasteiger partial charge in [-0.2, -0.15) is 0 Å². The number of methoxy groups -OCH3 is 1. The van der Waals surface area contributed by atoms with Gasteiger partial charge in [0.1, 0.15) is 41.7 Å². The summed E-state index contributed by atoms with van der Waals surface area (Å²) in [6.07, 6.45) is -14.4. The minimum Gasteiger partial charge on any atom is -0.507 e. The molecule has 2 aliphatic heterocycles. The van der Waals surface area contributed by atoms with Crippen molar-refractivity contribution < 1.29 is 74.1 Å². The molecule has 0 saturated carbocycles. The van der Waals surface area contributed by atoms with E-state index in [4.69, 9.17) is 28.1 Å². The van der Waals surface area contributed by atoms with Gasteiger partial charge in [-0.05, 0) is 25.1 Å². The van der Waals surface area contributed by atoms with Crippen LogP contribution in [0.2, 0.25) is 0 Å². The first-order valence-corrected chi connectivity index (χ1v) is 13.0. The van der Waals surface area contributed by atoms with Gasteiger partial charge < -0.3 is 74.1 Å². The Kier molecular flexibility index (Phi) is 8.30. The van der Waals surface area contributed by atoms with Gasteiger partial charge in [0.05, 0.1) is 19.8 Å². The van der Waals surface area contributed by atoms with E-state index >= 15 is 0 Å². The number of aromatic hydroxyl groups is 4. The van der Waals surface area contributed by atoms with E-state index in [1.54, 1.807) is 0 Å². The van der Waals surface area contributed by atoms with Gasteiger partial charge in [-0.15, -0.1) is 0 Å². The quantitative estimate of drug-likeness (QED) is 0.151. The van der Waals surface area contributed by atoms with Gasteiger partial charge in [0.25, 0.3) is 0 Å². The number of fused-ring (bicyclic) bond motifs is 1. The lowest BCUT2D eigenvalue weighted by molar-refractivity contribution is -0.341. The van der Waals surface area contributed by atoms with E-state index < -0.39 is 113 Å². The molecular weight excluding hydrogens is 580 g/mol. The molecule has 0 aliphatic carbocycles. The maximum Gasteiger partial charge on any atom is 0.239 e. The van der Waals surface area contributed by atoms with Crippen molar-refractivity contribution in [3.63, 3.8) is 0 Å². The molecule has 2 aromatic carbocycles. The second kappa shape index (κ2) is 11.7. The van der Waals surface area contributed by atoms with Crippen LogP contribution in [0.3, 0.4) is 0 Å². The summed E-state index contributed by atoms with van der Waals surface area (Å²) in [4.78, 5) is 13.9. The minimum absolute atomic E-state index is 0.0424. The first kappa shape index (κ1) is 30.6. The zero-order valence-electron chi connectivity index (χ0n) is 22.6. The molecule has 43 heavy (non-hydrogen) atoms. The van der Waals surface area contributed by atoms with Crippen molar-refractivity contribution in [1.29, 1.82) is 0 Å².